The molecule has 0 unspecified atom stereocenters. The second kappa shape index (κ2) is 5.70. The monoisotopic (exact) mass is 326 g/mol. The minimum Gasteiger partial charge on any atom is -0.301 e. The van der Waals surface area contributed by atoms with Gasteiger partial charge in [-0.2, -0.15) is 4.31 Å². The molecular weight excluding hydrogens is 312 g/mol. The number of nitrogens with one attached hydrogen (secondary N) is 1. The van der Waals surface area contributed by atoms with Gasteiger partial charge in [0, 0.05) is 25.4 Å². The highest BCUT2D eigenvalue weighted by Crippen LogP contribution is 2.27. The Balaban J connectivity index is 3.07. The van der Waals surface area contributed by atoms with E-state index in [1.165, 1.54) is 14.0 Å². The predicted octanol–water partition coefficient (Wildman–Crippen LogP) is 1.13. The highest BCUT2D eigenvalue weighted by atomic mass is 35.5. The van der Waals surface area contributed by atoms with Gasteiger partial charge in [-0.25, -0.2) is 8.42 Å². The zero-order valence-electron chi connectivity index (χ0n) is 11.0. The topological polar surface area (TPSA) is 92.3 Å². The summed E-state index contributed by atoms with van der Waals surface area (Å²) in [7, 11) is -2.35. The van der Waals surface area contributed by atoms with Crippen LogP contribution in [0.15, 0.2) is 4.34 Å². The highest BCUT2D eigenvalue weighted by Gasteiger charge is 2.35. The lowest BCUT2D eigenvalue weighted by Crippen LogP contribution is -2.46. The van der Waals surface area contributed by atoms with Crippen molar-refractivity contribution in [3.63, 3.8) is 0 Å². The van der Waals surface area contributed by atoms with Gasteiger partial charge in [0.25, 0.3) is 10.0 Å². The Labute approximate surface area is 121 Å². The fraction of sp³-hybridized carbons (Fsp3) is 0.667. The van der Waals surface area contributed by atoms with Crippen molar-refractivity contribution in [2.45, 2.75) is 30.6 Å². The first-order chi connectivity index (χ1) is 8.61. The number of hydrogen-bond donors (Lipinski definition) is 1. The number of amides is 1. The molecule has 1 amide bonds. The van der Waals surface area contributed by atoms with Gasteiger partial charge in [0.15, 0.2) is 0 Å². The summed E-state index contributed by atoms with van der Waals surface area (Å²) in [5, 5.41) is 9.73. The Morgan fingerprint density at radius 2 is 2.05 bits per heavy atom. The van der Waals surface area contributed by atoms with E-state index in [9.17, 15) is 13.2 Å². The van der Waals surface area contributed by atoms with Crippen LogP contribution in [-0.4, -0.2) is 47.3 Å². The largest absolute Gasteiger partial charge is 0.301 e. The molecule has 0 atom stereocenters. The van der Waals surface area contributed by atoms with Gasteiger partial charge in [-0.1, -0.05) is 11.3 Å². The Morgan fingerprint density at radius 1 is 1.47 bits per heavy atom. The van der Waals surface area contributed by atoms with E-state index in [-0.39, 0.29) is 21.3 Å². The van der Waals surface area contributed by atoms with Crippen molar-refractivity contribution in [3.8, 4) is 0 Å². The first-order valence-electron chi connectivity index (χ1n) is 5.27. The van der Waals surface area contributed by atoms with E-state index in [4.69, 9.17) is 11.6 Å². The molecule has 7 nitrogen and oxygen atoms in total. The lowest BCUT2D eigenvalue weighted by molar-refractivity contribution is -0.114. The Morgan fingerprint density at radius 3 is 2.53 bits per heavy atom. The molecule has 0 aliphatic heterocycles. The van der Waals surface area contributed by atoms with Gasteiger partial charge in [-0.15, -0.1) is 21.8 Å². The average molecular weight is 327 g/mol. The Kier molecular flexibility index (Phi) is 4.88. The van der Waals surface area contributed by atoms with E-state index in [1.807, 2.05) is 0 Å². The molecule has 0 saturated heterocycles. The molecular formula is C9H15ClN4O3S2. The summed E-state index contributed by atoms with van der Waals surface area (Å²) in [4.78, 5) is 10.9. The van der Waals surface area contributed by atoms with E-state index >= 15 is 0 Å². The molecule has 0 spiro atoms. The minimum atomic E-state index is -3.78. The molecule has 0 radical (unpaired) electrons. The zero-order valence-corrected chi connectivity index (χ0v) is 13.4. The van der Waals surface area contributed by atoms with Crippen molar-refractivity contribution in [1.29, 1.82) is 0 Å². The number of anilines is 1. The third kappa shape index (κ3) is 3.62. The summed E-state index contributed by atoms with van der Waals surface area (Å²) in [5.74, 6) is -0.199. The zero-order chi connectivity index (χ0) is 14.8. The van der Waals surface area contributed by atoms with Gasteiger partial charge in [-0.3, -0.25) is 4.79 Å². The van der Waals surface area contributed by atoms with Gasteiger partial charge >= 0.3 is 0 Å². The molecule has 0 fully saturated rings. The lowest BCUT2D eigenvalue weighted by Gasteiger charge is -2.31. The predicted molar refractivity (Wildman–Crippen MR) is 74.0 cm³/mol. The smallest absolute Gasteiger partial charge is 0.272 e. The van der Waals surface area contributed by atoms with Crippen molar-refractivity contribution in [1.82, 2.24) is 14.5 Å². The van der Waals surface area contributed by atoms with E-state index in [1.54, 1.807) is 13.8 Å². The van der Waals surface area contributed by atoms with E-state index < -0.39 is 15.6 Å². The summed E-state index contributed by atoms with van der Waals surface area (Å²) in [6.07, 6.45) is 0. The Hall–Kier alpha value is -0.770. The second-order valence-electron chi connectivity index (χ2n) is 4.47. The van der Waals surface area contributed by atoms with Crippen molar-refractivity contribution >= 4 is 44.0 Å². The van der Waals surface area contributed by atoms with Crippen molar-refractivity contribution in [2.75, 3.05) is 18.2 Å². The summed E-state index contributed by atoms with van der Waals surface area (Å²) in [6.45, 7) is 4.71. The fourth-order valence-corrected chi connectivity index (χ4v) is 3.90. The number of rotatable bonds is 5. The number of halogens is 1. The minimum absolute atomic E-state index is 0.139. The SMILES string of the molecule is CC(=O)Nc1nnc(S(=O)(=O)N(C)C(C)(C)CCl)s1. The maximum absolute atomic E-state index is 12.3. The fourth-order valence-electron chi connectivity index (χ4n) is 1.04. The molecule has 0 bridgehead atoms. The van der Waals surface area contributed by atoms with Crippen LogP contribution in [0.1, 0.15) is 20.8 Å². The normalized spacial score (nSPS) is 12.7. The van der Waals surface area contributed by atoms with Crippen LogP contribution >= 0.6 is 22.9 Å². The third-order valence-corrected chi connectivity index (χ3v) is 6.36. The quantitative estimate of drug-likeness (QED) is 0.647. The van der Waals surface area contributed by atoms with Crippen molar-refractivity contribution < 1.29 is 13.2 Å². The highest BCUT2D eigenvalue weighted by molar-refractivity contribution is 7.91. The van der Waals surface area contributed by atoms with Gasteiger partial charge < -0.3 is 5.32 Å². The summed E-state index contributed by atoms with van der Waals surface area (Å²) in [6, 6.07) is 0. The van der Waals surface area contributed by atoms with Crippen LogP contribution in [0.25, 0.3) is 0 Å². The molecule has 1 N–H and O–H groups in total. The van der Waals surface area contributed by atoms with Crippen molar-refractivity contribution in [2.24, 2.45) is 0 Å². The van der Waals surface area contributed by atoms with Gasteiger partial charge in [0.2, 0.25) is 15.4 Å². The molecule has 0 aliphatic carbocycles. The summed E-state index contributed by atoms with van der Waals surface area (Å²) >= 11 is 6.56. The van der Waals surface area contributed by atoms with Crippen LogP contribution < -0.4 is 5.32 Å². The summed E-state index contributed by atoms with van der Waals surface area (Å²) in [5.41, 5.74) is -0.750. The van der Waals surface area contributed by atoms with Crippen LogP contribution in [0.5, 0.6) is 0 Å². The van der Waals surface area contributed by atoms with E-state index in [0.29, 0.717) is 0 Å². The van der Waals surface area contributed by atoms with Crippen LogP contribution in [0, 0.1) is 0 Å². The molecule has 0 saturated carbocycles. The average Bonchev–Trinajstić information content (AvgIpc) is 2.76. The van der Waals surface area contributed by atoms with Crippen LogP contribution in [0.2, 0.25) is 0 Å². The molecule has 0 aliphatic rings. The standard InChI is InChI=1S/C9H15ClN4O3S2/c1-6(15)11-7-12-13-8(18-7)19(16,17)14(4)9(2,3)5-10/h5H2,1-4H3,(H,11,12,15). The van der Waals surface area contributed by atoms with E-state index in [2.05, 4.69) is 15.5 Å². The molecule has 1 aromatic rings. The summed E-state index contributed by atoms with van der Waals surface area (Å²) < 4.78 is 25.6. The lowest BCUT2D eigenvalue weighted by atomic mass is 10.1. The number of hydrogen-bond acceptors (Lipinski definition) is 6. The first kappa shape index (κ1) is 16.3. The number of carbonyl (C=O) groups excluding carboxylic acids is 1. The van der Waals surface area contributed by atoms with Gasteiger partial charge in [0.05, 0.1) is 0 Å². The van der Waals surface area contributed by atoms with Crippen LogP contribution in [-0.2, 0) is 14.8 Å². The third-order valence-electron chi connectivity index (χ3n) is 2.45. The second-order valence-corrected chi connectivity index (χ2v) is 7.86. The van der Waals surface area contributed by atoms with Crippen molar-refractivity contribution in [3.05, 3.63) is 0 Å². The van der Waals surface area contributed by atoms with Gasteiger partial charge in [0.1, 0.15) is 0 Å². The number of carbonyl (C=O) groups is 1. The van der Waals surface area contributed by atoms with Crippen LogP contribution in [0.4, 0.5) is 5.13 Å². The van der Waals surface area contributed by atoms with Gasteiger partial charge in [-0.05, 0) is 13.8 Å². The molecule has 108 valence electrons. The number of nitrogens with zero attached hydrogens (tertiary/aromatic N) is 3. The number of alkyl halides is 1. The molecule has 0 aromatic carbocycles. The first-order valence-corrected chi connectivity index (χ1v) is 8.06. The Bertz CT molecular complexity index is 570. The van der Waals surface area contributed by atoms with E-state index in [0.717, 1.165) is 15.6 Å². The molecule has 1 aromatic heterocycles. The molecule has 1 rings (SSSR count). The number of aromatic nitrogens is 2. The maximum atomic E-state index is 12.3. The molecule has 1 heterocycles. The molecule has 19 heavy (non-hydrogen) atoms. The molecule has 10 heteroatoms. The number of sulfonamides is 1. The maximum Gasteiger partial charge on any atom is 0.272 e. The van der Waals surface area contributed by atoms with Crippen LogP contribution in [0.3, 0.4) is 0 Å².